The van der Waals surface area contributed by atoms with E-state index >= 15 is 0 Å². The molecule has 0 fully saturated rings. The van der Waals surface area contributed by atoms with Crippen molar-refractivity contribution in [2.45, 2.75) is 25.7 Å². The Hall–Kier alpha value is -2.28. The average Bonchev–Trinajstić information content (AvgIpc) is 2.77. The van der Waals surface area contributed by atoms with Crippen LogP contribution in [0.2, 0.25) is 0 Å². The third-order valence-electron chi connectivity index (χ3n) is 3.44. The van der Waals surface area contributed by atoms with Crippen LogP contribution < -0.4 is 5.73 Å². The predicted octanol–water partition coefficient (Wildman–Crippen LogP) is 2.20. The van der Waals surface area contributed by atoms with Gasteiger partial charge >= 0.3 is 0 Å². The first kappa shape index (κ1) is 10.8. The Morgan fingerprint density at radius 1 is 1.17 bits per heavy atom. The molecule has 1 heterocycles. The first-order valence-electron chi connectivity index (χ1n) is 6.16. The minimum atomic E-state index is 0.647. The van der Waals surface area contributed by atoms with Crippen molar-refractivity contribution in [3.63, 3.8) is 0 Å². The number of fused-ring (bicyclic) bond motifs is 1. The maximum Gasteiger partial charge on any atom is 0.130 e. The van der Waals surface area contributed by atoms with Gasteiger partial charge in [0.1, 0.15) is 5.82 Å². The lowest BCUT2D eigenvalue weighted by molar-refractivity contribution is 0.671. The molecule has 1 aromatic heterocycles. The van der Waals surface area contributed by atoms with Gasteiger partial charge in [-0.15, -0.1) is 0 Å². The molecule has 1 aliphatic carbocycles. The van der Waals surface area contributed by atoms with E-state index in [1.807, 2.05) is 12.1 Å². The van der Waals surface area contributed by atoms with Crippen molar-refractivity contribution < 1.29 is 0 Å². The highest BCUT2D eigenvalue weighted by Gasteiger charge is 2.19. The number of nitrogens with zero attached hydrogens (tertiary/aromatic N) is 3. The van der Waals surface area contributed by atoms with Crippen LogP contribution in [-0.4, -0.2) is 9.78 Å². The molecule has 0 saturated heterocycles. The predicted molar refractivity (Wildman–Crippen MR) is 69.3 cm³/mol. The quantitative estimate of drug-likeness (QED) is 0.828. The van der Waals surface area contributed by atoms with E-state index in [9.17, 15) is 0 Å². The summed E-state index contributed by atoms with van der Waals surface area (Å²) in [4.78, 5) is 0. The van der Waals surface area contributed by atoms with E-state index in [4.69, 9.17) is 11.0 Å². The molecule has 3 rings (SSSR count). The Balaban J connectivity index is 2.06. The van der Waals surface area contributed by atoms with Gasteiger partial charge in [-0.25, -0.2) is 4.68 Å². The van der Waals surface area contributed by atoms with Crippen molar-refractivity contribution in [1.29, 1.82) is 5.26 Å². The molecule has 1 aromatic carbocycles. The molecular formula is C14H14N4. The number of hydrogen-bond acceptors (Lipinski definition) is 3. The molecule has 0 radical (unpaired) electrons. The molecule has 0 bridgehead atoms. The number of rotatable bonds is 1. The van der Waals surface area contributed by atoms with E-state index in [0.29, 0.717) is 5.56 Å². The largest absolute Gasteiger partial charge is 0.383 e. The van der Waals surface area contributed by atoms with Crippen LogP contribution in [0.15, 0.2) is 24.3 Å². The zero-order chi connectivity index (χ0) is 12.5. The van der Waals surface area contributed by atoms with Gasteiger partial charge in [0.05, 0.1) is 23.0 Å². The highest BCUT2D eigenvalue weighted by molar-refractivity contribution is 5.51. The summed E-state index contributed by atoms with van der Waals surface area (Å²) >= 11 is 0. The minimum Gasteiger partial charge on any atom is -0.383 e. The maximum absolute atomic E-state index is 8.79. The molecule has 0 spiro atoms. The number of aromatic nitrogens is 2. The summed E-state index contributed by atoms with van der Waals surface area (Å²) in [6.45, 7) is 0. The lowest BCUT2D eigenvalue weighted by Crippen LogP contribution is -2.03. The fourth-order valence-electron chi connectivity index (χ4n) is 2.45. The Kier molecular flexibility index (Phi) is 2.52. The van der Waals surface area contributed by atoms with Crippen molar-refractivity contribution in [2.75, 3.05) is 5.73 Å². The molecule has 0 aliphatic heterocycles. The molecule has 0 atom stereocenters. The van der Waals surface area contributed by atoms with Gasteiger partial charge < -0.3 is 5.73 Å². The summed E-state index contributed by atoms with van der Waals surface area (Å²) in [5.74, 6) is 0.745. The molecule has 0 amide bonds. The molecule has 2 N–H and O–H groups in total. The Bertz CT molecular complexity index is 616. The summed E-state index contributed by atoms with van der Waals surface area (Å²) in [5.41, 5.74) is 10.1. The van der Waals surface area contributed by atoms with Gasteiger partial charge in [-0.05, 0) is 49.9 Å². The average molecular weight is 238 g/mol. The van der Waals surface area contributed by atoms with Crippen LogP contribution in [0.25, 0.3) is 5.69 Å². The van der Waals surface area contributed by atoms with Crippen molar-refractivity contribution >= 4 is 5.82 Å². The number of anilines is 1. The van der Waals surface area contributed by atoms with Gasteiger partial charge in [0.15, 0.2) is 0 Å². The summed E-state index contributed by atoms with van der Waals surface area (Å²) in [5, 5.41) is 13.4. The molecule has 18 heavy (non-hydrogen) atoms. The third-order valence-corrected chi connectivity index (χ3v) is 3.44. The SMILES string of the molecule is N#Cc1ccc(-n2nc3c(c2N)CCCC3)cc1. The smallest absolute Gasteiger partial charge is 0.130 e. The maximum atomic E-state index is 8.79. The lowest BCUT2D eigenvalue weighted by atomic mass is 9.98. The Labute approximate surface area is 106 Å². The third kappa shape index (κ3) is 1.65. The second-order valence-electron chi connectivity index (χ2n) is 4.59. The molecular weight excluding hydrogens is 224 g/mol. The van der Waals surface area contributed by atoms with Gasteiger partial charge in [-0.2, -0.15) is 10.4 Å². The number of aryl methyl sites for hydroxylation is 1. The van der Waals surface area contributed by atoms with Crippen LogP contribution in [0.4, 0.5) is 5.82 Å². The first-order chi connectivity index (χ1) is 8.79. The Morgan fingerprint density at radius 3 is 2.56 bits per heavy atom. The summed E-state index contributed by atoms with van der Waals surface area (Å²) in [6.07, 6.45) is 4.42. The van der Waals surface area contributed by atoms with Gasteiger partial charge in [0, 0.05) is 5.56 Å². The number of nitriles is 1. The lowest BCUT2D eigenvalue weighted by Gasteiger charge is -2.08. The van der Waals surface area contributed by atoms with Gasteiger partial charge in [-0.1, -0.05) is 0 Å². The van der Waals surface area contributed by atoms with Crippen molar-refractivity contribution in [1.82, 2.24) is 9.78 Å². The van der Waals surface area contributed by atoms with Crippen LogP contribution in [0, 0.1) is 11.3 Å². The van der Waals surface area contributed by atoms with Crippen LogP contribution in [0.1, 0.15) is 29.7 Å². The normalized spacial score (nSPS) is 13.9. The minimum absolute atomic E-state index is 0.647. The van der Waals surface area contributed by atoms with E-state index < -0.39 is 0 Å². The van der Waals surface area contributed by atoms with E-state index in [-0.39, 0.29) is 0 Å². The second-order valence-corrected chi connectivity index (χ2v) is 4.59. The Morgan fingerprint density at radius 2 is 1.89 bits per heavy atom. The second kappa shape index (κ2) is 4.19. The summed E-state index contributed by atoms with van der Waals surface area (Å²) < 4.78 is 1.79. The molecule has 0 unspecified atom stereocenters. The topological polar surface area (TPSA) is 67.6 Å². The number of hydrogen-bond donors (Lipinski definition) is 1. The van der Waals surface area contributed by atoms with Crippen LogP contribution >= 0.6 is 0 Å². The molecule has 2 aromatic rings. The molecule has 4 heteroatoms. The zero-order valence-corrected chi connectivity index (χ0v) is 10.1. The van der Waals surface area contributed by atoms with Crippen molar-refractivity contribution in [3.8, 4) is 11.8 Å². The van der Waals surface area contributed by atoms with E-state index in [2.05, 4.69) is 11.2 Å². The van der Waals surface area contributed by atoms with Gasteiger partial charge in [0.25, 0.3) is 0 Å². The fraction of sp³-hybridized carbons (Fsp3) is 0.286. The highest BCUT2D eigenvalue weighted by atomic mass is 15.3. The summed E-state index contributed by atoms with van der Waals surface area (Å²) in [6, 6.07) is 9.45. The van der Waals surface area contributed by atoms with Crippen LogP contribution in [-0.2, 0) is 12.8 Å². The standard InChI is InChI=1S/C14H14N4/c15-9-10-5-7-11(8-6-10)18-14(16)12-3-1-2-4-13(12)17-18/h5-8H,1-4,16H2. The zero-order valence-electron chi connectivity index (χ0n) is 10.1. The van der Waals surface area contributed by atoms with E-state index in [0.717, 1.165) is 30.0 Å². The molecule has 0 saturated carbocycles. The first-order valence-corrected chi connectivity index (χ1v) is 6.16. The highest BCUT2D eigenvalue weighted by Crippen LogP contribution is 2.27. The van der Waals surface area contributed by atoms with Crippen LogP contribution in [0.3, 0.4) is 0 Å². The van der Waals surface area contributed by atoms with E-state index in [1.54, 1.807) is 16.8 Å². The fourth-order valence-corrected chi connectivity index (χ4v) is 2.45. The molecule has 1 aliphatic rings. The molecule has 90 valence electrons. The number of nitrogen functional groups attached to an aromatic ring is 1. The molecule has 4 nitrogen and oxygen atoms in total. The summed E-state index contributed by atoms with van der Waals surface area (Å²) in [7, 11) is 0. The van der Waals surface area contributed by atoms with Crippen molar-refractivity contribution in [2.24, 2.45) is 0 Å². The van der Waals surface area contributed by atoms with Gasteiger partial charge in [0.2, 0.25) is 0 Å². The van der Waals surface area contributed by atoms with Crippen LogP contribution in [0.5, 0.6) is 0 Å². The van der Waals surface area contributed by atoms with Gasteiger partial charge in [-0.3, -0.25) is 0 Å². The van der Waals surface area contributed by atoms with Crippen molar-refractivity contribution in [3.05, 3.63) is 41.1 Å². The monoisotopic (exact) mass is 238 g/mol. The number of benzene rings is 1. The number of nitrogens with two attached hydrogens (primary N) is 1. The van der Waals surface area contributed by atoms with E-state index in [1.165, 1.54) is 18.4 Å².